The van der Waals surface area contributed by atoms with Gasteiger partial charge in [-0.25, -0.2) is 0 Å². The molecule has 0 unspecified atom stereocenters. The van der Waals surface area contributed by atoms with Crippen molar-refractivity contribution in [2.75, 3.05) is 0 Å². The summed E-state index contributed by atoms with van der Waals surface area (Å²) in [6, 6.07) is 10.1. The Morgan fingerprint density at radius 3 is 2.75 bits per heavy atom. The van der Waals surface area contributed by atoms with Gasteiger partial charge in [0.15, 0.2) is 0 Å². The molecule has 0 aliphatic heterocycles. The minimum Gasteiger partial charge on any atom is -0.387 e. The van der Waals surface area contributed by atoms with Crippen LogP contribution in [0.4, 0.5) is 0 Å². The first-order valence-corrected chi connectivity index (χ1v) is 6.06. The van der Waals surface area contributed by atoms with Crippen LogP contribution in [0.25, 0.3) is 0 Å². The van der Waals surface area contributed by atoms with Gasteiger partial charge >= 0.3 is 0 Å². The van der Waals surface area contributed by atoms with Crippen molar-refractivity contribution in [3.8, 4) is 0 Å². The summed E-state index contributed by atoms with van der Waals surface area (Å²) in [5.41, 5.74) is 0.524. The normalized spacial score (nSPS) is 30.2. The fourth-order valence-corrected chi connectivity index (χ4v) is 2.32. The van der Waals surface area contributed by atoms with Crippen molar-refractivity contribution in [1.82, 2.24) is 0 Å². The molecule has 1 N–H and O–H groups in total. The molecule has 2 atom stereocenters. The maximum atomic E-state index is 10.2. The molecule has 0 heterocycles. The first-order valence-electron chi connectivity index (χ1n) is 6.06. The summed E-state index contributed by atoms with van der Waals surface area (Å²) in [5.74, 6) is 0. The van der Waals surface area contributed by atoms with E-state index in [4.69, 9.17) is 4.74 Å². The molecule has 0 spiro atoms. The van der Waals surface area contributed by atoms with E-state index in [9.17, 15) is 5.11 Å². The fraction of sp³-hybridized carbons (Fsp3) is 0.571. The first kappa shape index (κ1) is 11.6. The highest BCUT2D eigenvalue weighted by Gasteiger charge is 2.34. The minimum atomic E-state index is -0.646. The zero-order valence-corrected chi connectivity index (χ0v) is 9.86. The number of benzene rings is 1. The van der Waals surface area contributed by atoms with Crippen LogP contribution < -0.4 is 0 Å². The van der Waals surface area contributed by atoms with E-state index < -0.39 is 5.60 Å². The third kappa shape index (κ3) is 2.83. The van der Waals surface area contributed by atoms with Crippen molar-refractivity contribution in [2.45, 2.75) is 50.9 Å². The summed E-state index contributed by atoms with van der Waals surface area (Å²) in [7, 11) is 0. The second kappa shape index (κ2) is 4.98. The van der Waals surface area contributed by atoms with Crippen molar-refractivity contribution < 1.29 is 9.84 Å². The van der Waals surface area contributed by atoms with Gasteiger partial charge in [0.1, 0.15) is 0 Å². The molecule has 1 aromatic carbocycles. The molecule has 1 fully saturated rings. The number of rotatable bonds is 3. The largest absolute Gasteiger partial charge is 0.387 e. The monoisotopic (exact) mass is 220 g/mol. The molecule has 16 heavy (non-hydrogen) atoms. The van der Waals surface area contributed by atoms with Crippen LogP contribution >= 0.6 is 0 Å². The second-order valence-electron chi connectivity index (χ2n) is 4.89. The number of hydrogen-bond donors (Lipinski definition) is 1. The zero-order chi connectivity index (χ0) is 11.4. The molecule has 2 heteroatoms. The van der Waals surface area contributed by atoms with E-state index in [0.29, 0.717) is 6.61 Å². The van der Waals surface area contributed by atoms with E-state index in [1.54, 1.807) is 0 Å². The highest BCUT2D eigenvalue weighted by Crippen LogP contribution is 2.30. The molecule has 2 nitrogen and oxygen atoms in total. The molecule has 0 radical (unpaired) electrons. The zero-order valence-electron chi connectivity index (χ0n) is 9.86. The Hall–Kier alpha value is -0.860. The Bertz CT molecular complexity index is 319. The summed E-state index contributed by atoms with van der Waals surface area (Å²) < 4.78 is 5.83. The summed E-state index contributed by atoms with van der Waals surface area (Å²) in [6.07, 6.45) is 4.08. The Labute approximate surface area is 97.3 Å². The molecule has 88 valence electrons. The van der Waals surface area contributed by atoms with Crippen LogP contribution in [0.5, 0.6) is 0 Å². The summed E-state index contributed by atoms with van der Waals surface area (Å²) in [4.78, 5) is 0. The van der Waals surface area contributed by atoms with Gasteiger partial charge in [0.05, 0.1) is 18.3 Å². The van der Waals surface area contributed by atoms with Crippen LogP contribution in [0.15, 0.2) is 30.3 Å². The average molecular weight is 220 g/mol. The van der Waals surface area contributed by atoms with Crippen LogP contribution in [-0.2, 0) is 11.3 Å². The predicted molar refractivity (Wildman–Crippen MR) is 64.1 cm³/mol. The second-order valence-corrected chi connectivity index (χ2v) is 4.89. The standard InChI is InChI=1S/C14H20O2/c1-14(15)10-6-5-9-13(14)16-11-12-7-3-2-4-8-12/h2-4,7-8,13,15H,5-6,9-11H2,1H3/t13-,14+/m0/s1. The SMILES string of the molecule is C[C@@]1(O)CCCC[C@@H]1OCc1ccccc1. The third-order valence-corrected chi connectivity index (χ3v) is 3.39. The van der Waals surface area contributed by atoms with E-state index in [1.165, 1.54) is 5.56 Å². The molecule has 0 saturated heterocycles. The molecule has 0 bridgehead atoms. The summed E-state index contributed by atoms with van der Waals surface area (Å²) >= 11 is 0. The van der Waals surface area contributed by atoms with E-state index >= 15 is 0 Å². The van der Waals surface area contributed by atoms with Gasteiger partial charge in [-0.05, 0) is 25.3 Å². The first-order chi connectivity index (χ1) is 7.68. The van der Waals surface area contributed by atoms with Crippen LogP contribution in [0.3, 0.4) is 0 Å². The lowest BCUT2D eigenvalue weighted by Crippen LogP contribution is -2.43. The highest BCUT2D eigenvalue weighted by molar-refractivity contribution is 5.13. The van der Waals surface area contributed by atoms with Crippen molar-refractivity contribution in [3.63, 3.8) is 0 Å². The molecule has 0 aromatic heterocycles. The lowest BCUT2D eigenvalue weighted by Gasteiger charge is -2.36. The maximum absolute atomic E-state index is 10.2. The van der Waals surface area contributed by atoms with Crippen molar-refractivity contribution in [2.24, 2.45) is 0 Å². The summed E-state index contributed by atoms with van der Waals surface area (Å²) in [5, 5.41) is 10.2. The molecular weight excluding hydrogens is 200 g/mol. The van der Waals surface area contributed by atoms with Gasteiger partial charge in [-0.2, -0.15) is 0 Å². The highest BCUT2D eigenvalue weighted by atomic mass is 16.5. The third-order valence-electron chi connectivity index (χ3n) is 3.39. The van der Waals surface area contributed by atoms with Gasteiger partial charge in [-0.15, -0.1) is 0 Å². The van der Waals surface area contributed by atoms with Crippen LogP contribution in [0.2, 0.25) is 0 Å². The Morgan fingerprint density at radius 1 is 1.31 bits per heavy atom. The van der Waals surface area contributed by atoms with Crippen LogP contribution in [-0.4, -0.2) is 16.8 Å². The Morgan fingerprint density at radius 2 is 2.06 bits per heavy atom. The van der Waals surface area contributed by atoms with Gasteiger partial charge in [0.2, 0.25) is 0 Å². The molecule has 1 aromatic rings. The molecule has 0 amide bonds. The van der Waals surface area contributed by atoms with E-state index in [2.05, 4.69) is 12.1 Å². The van der Waals surface area contributed by atoms with Gasteiger partial charge < -0.3 is 9.84 Å². The maximum Gasteiger partial charge on any atom is 0.0880 e. The molecule has 1 saturated carbocycles. The van der Waals surface area contributed by atoms with Crippen molar-refractivity contribution >= 4 is 0 Å². The Kier molecular flexibility index (Phi) is 3.62. The van der Waals surface area contributed by atoms with Crippen molar-refractivity contribution in [1.29, 1.82) is 0 Å². The summed E-state index contributed by atoms with van der Waals surface area (Å²) in [6.45, 7) is 2.49. The lowest BCUT2D eigenvalue weighted by atomic mass is 9.84. The number of hydrogen-bond acceptors (Lipinski definition) is 2. The molecule has 1 aliphatic rings. The van der Waals surface area contributed by atoms with E-state index in [-0.39, 0.29) is 6.10 Å². The quantitative estimate of drug-likeness (QED) is 0.848. The topological polar surface area (TPSA) is 29.5 Å². The minimum absolute atomic E-state index is 0.0125. The van der Waals surface area contributed by atoms with E-state index in [0.717, 1.165) is 25.7 Å². The number of aliphatic hydroxyl groups is 1. The van der Waals surface area contributed by atoms with Gasteiger partial charge in [0.25, 0.3) is 0 Å². The van der Waals surface area contributed by atoms with Crippen LogP contribution in [0.1, 0.15) is 38.2 Å². The average Bonchev–Trinajstić information content (AvgIpc) is 2.28. The molecular formula is C14H20O2. The predicted octanol–water partition coefficient (Wildman–Crippen LogP) is 2.90. The van der Waals surface area contributed by atoms with Gasteiger partial charge in [0, 0.05) is 0 Å². The van der Waals surface area contributed by atoms with Gasteiger partial charge in [-0.3, -0.25) is 0 Å². The smallest absolute Gasteiger partial charge is 0.0880 e. The van der Waals surface area contributed by atoms with Gasteiger partial charge in [-0.1, -0.05) is 43.2 Å². The van der Waals surface area contributed by atoms with Crippen molar-refractivity contribution in [3.05, 3.63) is 35.9 Å². The fourth-order valence-electron chi connectivity index (χ4n) is 2.32. The number of ether oxygens (including phenoxy) is 1. The molecule has 1 aliphatic carbocycles. The van der Waals surface area contributed by atoms with E-state index in [1.807, 2.05) is 25.1 Å². The molecule has 2 rings (SSSR count). The lowest BCUT2D eigenvalue weighted by molar-refractivity contribution is -0.126. The van der Waals surface area contributed by atoms with Crippen LogP contribution in [0, 0.1) is 0 Å². The Balaban J connectivity index is 1.90.